The van der Waals surface area contributed by atoms with Crippen LogP contribution >= 0.6 is 0 Å². The predicted molar refractivity (Wildman–Crippen MR) is 101 cm³/mol. The summed E-state index contributed by atoms with van der Waals surface area (Å²) in [5, 5.41) is 0. The van der Waals surface area contributed by atoms with Crippen LogP contribution in [0.25, 0.3) is 0 Å². The first-order chi connectivity index (χ1) is 12.8. The molecule has 0 amide bonds. The van der Waals surface area contributed by atoms with Gasteiger partial charge < -0.3 is 9.47 Å². The number of esters is 2. The van der Waals surface area contributed by atoms with Crippen LogP contribution in [0.5, 0.6) is 5.75 Å². The molecule has 2 aliphatic carbocycles. The Bertz CT molecular complexity index is 776. The van der Waals surface area contributed by atoms with Crippen LogP contribution in [0.3, 0.4) is 0 Å². The molecule has 1 heterocycles. The topological polar surface area (TPSA) is 52.6 Å². The van der Waals surface area contributed by atoms with Gasteiger partial charge >= 0.3 is 11.9 Å². The minimum Gasteiger partial charge on any atom is -0.427 e. The lowest BCUT2D eigenvalue weighted by atomic mass is 9.52. The van der Waals surface area contributed by atoms with Crippen molar-refractivity contribution >= 4 is 11.9 Å². The number of quaternary nitrogens is 1. The van der Waals surface area contributed by atoms with Crippen LogP contribution in [0.4, 0.5) is 0 Å². The van der Waals surface area contributed by atoms with Crippen molar-refractivity contribution < 1.29 is 23.5 Å². The summed E-state index contributed by atoms with van der Waals surface area (Å²) in [6.07, 6.45) is 7.07. The lowest BCUT2D eigenvalue weighted by Gasteiger charge is -2.60. The quantitative estimate of drug-likeness (QED) is 0.464. The van der Waals surface area contributed by atoms with Crippen LogP contribution in [0.2, 0.25) is 0 Å². The lowest BCUT2D eigenvalue weighted by molar-refractivity contribution is -0.959. The number of hydrogen-bond acceptors (Lipinski definition) is 4. The van der Waals surface area contributed by atoms with Gasteiger partial charge in [0.15, 0.2) is 0 Å². The number of ether oxygens (including phenoxy) is 2. The number of likely N-dealkylation sites (N-methyl/N-ethyl adjacent to an activating group) is 1. The number of hydrogen-bond donors (Lipinski definition) is 0. The van der Waals surface area contributed by atoms with Gasteiger partial charge in [0.25, 0.3) is 0 Å². The predicted octanol–water partition coefficient (Wildman–Crippen LogP) is 3.34. The Morgan fingerprint density at radius 3 is 2.74 bits per heavy atom. The number of nitrogens with zero attached hydrogens (tertiary/aromatic N) is 1. The Morgan fingerprint density at radius 2 is 2.00 bits per heavy atom. The first-order valence-electron chi connectivity index (χ1n) is 10.1. The highest BCUT2D eigenvalue weighted by Crippen LogP contribution is 2.57. The molecule has 1 saturated heterocycles. The van der Waals surface area contributed by atoms with E-state index in [0.717, 1.165) is 23.9 Å². The monoisotopic (exact) mass is 372 g/mol. The maximum atomic E-state index is 11.4. The minimum absolute atomic E-state index is 0.181. The fraction of sp³-hybridized carbons (Fsp3) is 0.636. The molecule has 2 bridgehead atoms. The summed E-state index contributed by atoms with van der Waals surface area (Å²) in [6, 6.07) is 6.68. The van der Waals surface area contributed by atoms with E-state index in [1.54, 1.807) is 0 Å². The summed E-state index contributed by atoms with van der Waals surface area (Å²) in [4.78, 5) is 22.9. The zero-order valence-corrected chi connectivity index (χ0v) is 16.6. The van der Waals surface area contributed by atoms with Gasteiger partial charge in [0.05, 0.1) is 19.6 Å². The first kappa shape index (κ1) is 18.5. The number of fused-ring (bicyclic) bond motifs is 1. The van der Waals surface area contributed by atoms with Gasteiger partial charge in [-0.25, -0.2) is 0 Å². The molecule has 0 spiro atoms. The number of carbonyl (C=O) groups excluding carboxylic acids is 2. The Labute approximate surface area is 161 Å². The van der Waals surface area contributed by atoms with Crippen molar-refractivity contribution in [3.05, 3.63) is 29.3 Å². The molecule has 3 aliphatic rings. The molecule has 1 aliphatic heterocycles. The molecule has 5 nitrogen and oxygen atoms in total. The van der Waals surface area contributed by atoms with Crippen molar-refractivity contribution in [3.8, 4) is 5.75 Å². The minimum atomic E-state index is -0.268. The Kier molecular flexibility index (Phi) is 4.53. The number of likely N-dealkylation sites (tertiary alicyclic amines) is 1. The van der Waals surface area contributed by atoms with Crippen molar-refractivity contribution in [3.63, 3.8) is 0 Å². The molecular weight excluding hydrogens is 342 g/mol. The van der Waals surface area contributed by atoms with E-state index >= 15 is 0 Å². The molecule has 1 aromatic rings. The van der Waals surface area contributed by atoms with Crippen LogP contribution in [0.1, 0.15) is 57.1 Å². The third-order valence-corrected chi connectivity index (χ3v) is 7.30. The fourth-order valence-corrected chi connectivity index (χ4v) is 6.07. The Morgan fingerprint density at radius 1 is 1.19 bits per heavy atom. The summed E-state index contributed by atoms with van der Waals surface area (Å²) in [5.74, 6) is 0.800. The largest absolute Gasteiger partial charge is 0.427 e. The van der Waals surface area contributed by atoms with Crippen LogP contribution in [-0.2, 0) is 26.2 Å². The summed E-state index contributed by atoms with van der Waals surface area (Å²) in [5.41, 5.74) is 2.96. The summed E-state index contributed by atoms with van der Waals surface area (Å²) in [7, 11) is 2.25. The van der Waals surface area contributed by atoms with E-state index in [0.29, 0.717) is 24.4 Å². The molecule has 4 atom stereocenters. The van der Waals surface area contributed by atoms with Gasteiger partial charge in [0, 0.05) is 38.0 Å². The fourth-order valence-electron chi connectivity index (χ4n) is 6.07. The Balaban J connectivity index is 1.74. The van der Waals surface area contributed by atoms with Crippen LogP contribution in [0.15, 0.2) is 18.2 Å². The maximum absolute atomic E-state index is 11.4. The second-order valence-corrected chi connectivity index (χ2v) is 8.91. The summed E-state index contributed by atoms with van der Waals surface area (Å²) in [6.45, 7) is 4.43. The second-order valence-electron chi connectivity index (χ2n) is 8.91. The molecule has 2 fully saturated rings. The van der Waals surface area contributed by atoms with Crippen LogP contribution in [0, 0.1) is 5.92 Å². The zero-order valence-electron chi connectivity index (χ0n) is 16.6. The molecule has 0 radical (unpaired) electrons. The van der Waals surface area contributed by atoms with Crippen LogP contribution in [-0.4, -0.2) is 42.8 Å². The SMILES string of the molecule is CC(=O)OC[N@+]1(C)CC[C@]23CCCC[C@H]2[C@H]1Cc1ccc(OC(C)=O)cc13. The van der Waals surface area contributed by atoms with E-state index in [2.05, 4.69) is 19.2 Å². The molecule has 0 aromatic heterocycles. The first-order valence-corrected chi connectivity index (χ1v) is 10.1. The van der Waals surface area contributed by atoms with Gasteiger partial charge in [-0.3, -0.25) is 14.1 Å². The highest BCUT2D eigenvalue weighted by Gasteiger charge is 2.59. The normalized spacial score (nSPS) is 34.2. The van der Waals surface area contributed by atoms with Crippen molar-refractivity contribution in [1.29, 1.82) is 0 Å². The van der Waals surface area contributed by atoms with Gasteiger partial charge in [-0.1, -0.05) is 18.9 Å². The van der Waals surface area contributed by atoms with E-state index < -0.39 is 0 Å². The van der Waals surface area contributed by atoms with Gasteiger partial charge in [-0.15, -0.1) is 0 Å². The van der Waals surface area contributed by atoms with E-state index in [9.17, 15) is 9.59 Å². The molecule has 1 aromatic carbocycles. The zero-order chi connectivity index (χ0) is 19.2. The molecule has 0 unspecified atom stereocenters. The van der Waals surface area contributed by atoms with Gasteiger partial charge in [-0.05, 0) is 36.1 Å². The highest BCUT2D eigenvalue weighted by molar-refractivity contribution is 5.69. The van der Waals surface area contributed by atoms with Gasteiger partial charge in [0.1, 0.15) is 5.75 Å². The summed E-state index contributed by atoms with van der Waals surface area (Å²) < 4.78 is 11.7. The molecular formula is C22H30NO4+. The van der Waals surface area contributed by atoms with Gasteiger partial charge in [-0.2, -0.15) is 0 Å². The standard InChI is InChI=1S/C22H30NO4/c1-15(24)26-14-23(3)11-10-22-9-5-4-6-19(22)21(23)12-17-7-8-18(13-20(17)22)27-16(2)25/h7-8,13,19,21H,4-6,9-12,14H2,1-3H3/q+1/t19-,21+,22+,23-/m0/s1. The van der Waals surface area contributed by atoms with Crippen molar-refractivity contribution in [2.45, 2.75) is 63.8 Å². The summed E-state index contributed by atoms with van der Waals surface area (Å²) >= 11 is 0. The van der Waals surface area contributed by atoms with Crippen LogP contribution < -0.4 is 4.74 Å². The highest BCUT2D eigenvalue weighted by atomic mass is 16.5. The number of benzene rings is 1. The molecule has 4 rings (SSSR count). The molecule has 1 saturated carbocycles. The van der Waals surface area contributed by atoms with Crippen molar-refractivity contribution in [2.75, 3.05) is 20.3 Å². The third-order valence-electron chi connectivity index (χ3n) is 7.30. The smallest absolute Gasteiger partial charge is 0.308 e. The van der Waals surface area contributed by atoms with E-state index in [1.807, 2.05) is 6.07 Å². The maximum Gasteiger partial charge on any atom is 0.308 e. The number of carbonyl (C=O) groups is 2. The third kappa shape index (κ3) is 3.06. The molecule has 146 valence electrons. The number of piperidine rings is 1. The van der Waals surface area contributed by atoms with E-state index in [1.165, 1.54) is 50.7 Å². The van der Waals surface area contributed by atoms with E-state index in [-0.39, 0.29) is 17.4 Å². The number of rotatable bonds is 3. The lowest BCUT2D eigenvalue weighted by Crippen LogP contribution is -2.69. The van der Waals surface area contributed by atoms with Crippen molar-refractivity contribution in [2.24, 2.45) is 5.92 Å². The van der Waals surface area contributed by atoms with Gasteiger partial charge in [0.2, 0.25) is 6.73 Å². The van der Waals surface area contributed by atoms with E-state index in [4.69, 9.17) is 9.47 Å². The Hall–Kier alpha value is -1.88. The molecule has 5 heteroatoms. The molecule has 0 N–H and O–H groups in total. The molecule has 27 heavy (non-hydrogen) atoms. The second kappa shape index (κ2) is 6.62. The average Bonchev–Trinajstić information content (AvgIpc) is 2.63. The average molecular weight is 372 g/mol. The van der Waals surface area contributed by atoms with Crippen molar-refractivity contribution in [1.82, 2.24) is 0 Å².